The monoisotopic (exact) mass is 461 g/mol. The number of hydrogen-bond acceptors (Lipinski definition) is 5. The van der Waals surface area contributed by atoms with Crippen molar-refractivity contribution in [2.75, 3.05) is 13.1 Å². The minimum absolute atomic E-state index is 0.00632. The predicted octanol–water partition coefficient (Wildman–Crippen LogP) is 2.77. The molecule has 0 radical (unpaired) electrons. The van der Waals surface area contributed by atoms with E-state index < -0.39 is 5.43 Å². The quantitative estimate of drug-likeness (QED) is 0.548. The first-order valence-corrected chi connectivity index (χ1v) is 11.3. The third-order valence-electron chi connectivity index (χ3n) is 6.26. The lowest BCUT2D eigenvalue weighted by Gasteiger charge is -2.33. The molecule has 2 aliphatic heterocycles. The number of hydrogen-bond donors (Lipinski definition) is 1. The molecule has 0 bridgehead atoms. The van der Waals surface area contributed by atoms with Gasteiger partial charge in [0.1, 0.15) is 18.6 Å². The minimum Gasteiger partial charge on any atom is -0.483 e. The lowest BCUT2D eigenvalue weighted by atomic mass is 10.0. The molecule has 0 spiro atoms. The summed E-state index contributed by atoms with van der Waals surface area (Å²) in [5.74, 6) is -1.07. The Balaban J connectivity index is 1.48. The maximum atomic E-state index is 13.4. The molecule has 1 unspecified atom stereocenters. The summed E-state index contributed by atoms with van der Waals surface area (Å²) in [6.07, 6.45) is 1.75. The summed E-state index contributed by atoms with van der Waals surface area (Å²) in [5.41, 5.74) is 1.24. The zero-order chi connectivity index (χ0) is 23.7. The maximum Gasteiger partial charge on any atom is 0.275 e. The Morgan fingerprint density at radius 3 is 2.59 bits per heavy atom. The second-order valence-electron chi connectivity index (χ2n) is 8.49. The van der Waals surface area contributed by atoms with Crippen LogP contribution in [0.15, 0.2) is 65.6 Å². The molecule has 174 valence electrons. The minimum atomic E-state index is -0.578. The molecule has 0 saturated carbocycles. The fourth-order valence-corrected chi connectivity index (χ4v) is 4.46. The van der Waals surface area contributed by atoms with Crippen molar-refractivity contribution in [3.63, 3.8) is 0 Å². The molecule has 34 heavy (non-hydrogen) atoms. The Labute approximate surface area is 195 Å². The van der Waals surface area contributed by atoms with Crippen molar-refractivity contribution < 1.29 is 18.7 Å². The number of fused-ring (bicyclic) bond motifs is 2. The Morgan fingerprint density at radius 2 is 1.82 bits per heavy atom. The molecule has 2 aromatic carbocycles. The molecule has 1 saturated heterocycles. The average Bonchev–Trinajstić information content (AvgIpc) is 3.32. The molecule has 3 aromatic rings. The van der Waals surface area contributed by atoms with Crippen LogP contribution in [0.4, 0.5) is 4.39 Å². The third-order valence-corrected chi connectivity index (χ3v) is 6.26. The van der Waals surface area contributed by atoms with Crippen molar-refractivity contribution in [2.24, 2.45) is 0 Å². The number of rotatable bonds is 7. The number of ether oxygens (including phenoxy) is 1. The molecule has 1 amide bonds. The maximum absolute atomic E-state index is 13.4. The van der Waals surface area contributed by atoms with E-state index in [0.717, 1.165) is 11.1 Å². The molecular formula is C26H24FN3O4. The number of carbonyl (C=O) groups is 2. The van der Waals surface area contributed by atoms with Gasteiger partial charge in [0, 0.05) is 25.7 Å². The number of Topliss-reactive ketones (excluding diaryl/α,β-unsaturated/α-hetero) is 1. The summed E-state index contributed by atoms with van der Waals surface area (Å²) in [5, 5.41) is 3.27. The first kappa shape index (κ1) is 22.0. The van der Waals surface area contributed by atoms with Crippen molar-refractivity contribution in [2.45, 2.75) is 32.2 Å². The highest BCUT2D eigenvalue weighted by molar-refractivity contribution is 6.00. The summed E-state index contributed by atoms with van der Waals surface area (Å²) >= 11 is 0. The predicted molar refractivity (Wildman–Crippen MR) is 123 cm³/mol. The van der Waals surface area contributed by atoms with Gasteiger partial charge in [0.2, 0.25) is 5.43 Å². The van der Waals surface area contributed by atoms with Crippen molar-refractivity contribution in [1.29, 1.82) is 0 Å². The Bertz CT molecular complexity index is 1290. The number of nitrogens with zero attached hydrogens (tertiary/aromatic N) is 2. The van der Waals surface area contributed by atoms with Crippen LogP contribution in [0.2, 0.25) is 0 Å². The normalized spacial score (nSPS) is 16.8. The molecule has 5 rings (SSSR count). The summed E-state index contributed by atoms with van der Waals surface area (Å²) in [7, 11) is 0. The molecule has 1 atom stereocenters. The third kappa shape index (κ3) is 4.24. The highest BCUT2D eigenvalue weighted by atomic mass is 19.1. The van der Waals surface area contributed by atoms with Gasteiger partial charge in [-0.2, -0.15) is 0 Å². The van der Waals surface area contributed by atoms with Gasteiger partial charge in [-0.05, 0) is 29.7 Å². The molecule has 8 heteroatoms. The fraction of sp³-hybridized carbons (Fsp3) is 0.269. The smallest absolute Gasteiger partial charge is 0.275 e. The molecule has 1 N–H and O–H groups in total. The number of pyridine rings is 1. The van der Waals surface area contributed by atoms with Crippen LogP contribution in [0.5, 0.6) is 5.75 Å². The van der Waals surface area contributed by atoms with E-state index in [9.17, 15) is 18.8 Å². The number of benzene rings is 2. The van der Waals surface area contributed by atoms with Crippen LogP contribution >= 0.6 is 0 Å². The summed E-state index contributed by atoms with van der Waals surface area (Å²) in [4.78, 5) is 41.4. The van der Waals surface area contributed by atoms with Gasteiger partial charge in [-0.1, -0.05) is 42.5 Å². The largest absolute Gasteiger partial charge is 0.483 e. The van der Waals surface area contributed by atoms with Crippen molar-refractivity contribution >= 4 is 11.7 Å². The molecule has 0 aliphatic carbocycles. The standard InChI is InChI=1S/C26H24FN3O4/c27-19-9-6-17(7-10-19)8-11-21(31)20-14-29-15-22-28-12-13-30(22)26(33)23(29)25(24(20)32)34-16-18-4-2-1-3-5-18/h1-7,9-10,14,22,28H,8,11-13,15-16H2. The van der Waals surface area contributed by atoms with Gasteiger partial charge in [0.05, 0.1) is 12.1 Å². The average molecular weight is 461 g/mol. The molecule has 1 fully saturated rings. The second-order valence-corrected chi connectivity index (χ2v) is 8.49. The Kier molecular flexibility index (Phi) is 5.98. The Hall–Kier alpha value is -3.78. The van der Waals surface area contributed by atoms with Crippen LogP contribution < -0.4 is 15.5 Å². The van der Waals surface area contributed by atoms with Gasteiger partial charge >= 0.3 is 0 Å². The van der Waals surface area contributed by atoms with Crippen LogP contribution in [0.1, 0.15) is 38.4 Å². The van der Waals surface area contributed by atoms with Gasteiger partial charge in [-0.15, -0.1) is 0 Å². The van der Waals surface area contributed by atoms with E-state index in [1.165, 1.54) is 18.3 Å². The van der Waals surface area contributed by atoms with Gasteiger partial charge < -0.3 is 14.2 Å². The van der Waals surface area contributed by atoms with Gasteiger partial charge in [-0.25, -0.2) is 4.39 Å². The summed E-state index contributed by atoms with van der Waals surface area (Å²) < 4.78 is 20.7. The number of nitrogens with one attached hydrogen (secondary N) is 1. The summed E-state index contributed by atoms with van der Waals surface area (Å²) in [6.45, 7) is 1.74. The first-order valence-electron chi connectivity index (χ1n) is 11.3. The van der Waals surface area contributed by atoms with Crippen molar-refractivity contribution in [1.82, 2.24) is 14.8 Å². The number of aromatic nitrogens is 1. The van der Waals surface area contributed by atoms with Gasteiger partial charge in [0.25, 0.3) is 5.91 Å². The second kappa shape index (κ2) is 9.23. The Morgan fingerprint density at radius 1 is 1.06 bits per heavy atom. The highest BCUT2D eigenvalue weighted by Crippen LogP contribution is 2.26. The number of ketones is 1. The van der Waals surface area contributed by atoms with Crippen LogP contribution in [0.25, 0.3) is 0 Å². The lowest BCUT2D eigenvalue weighted by molar-refractivity contribution is 0.0642. The van der Waals surface area contributed by atoms with E-state index in [-0.39, 0.29) is 53.7 Å². The van der Waals surface area contributed by atoms with Gasteiger partial charge in [0.15, 0.2) is 17.2 Å². The zero-order valence-electron chi connectivity index (χ0n) is 18.5. The van der Waals surface area contributed by atoms with Gasteiger partial charge in [-0.3, -0.25) is 19.7 Å². The van der Waals surface area contributed by atoms with E-state index in [4.69, 9.17) is 4.74 Å². The number of aryl methyl sites for hydroxylation is 1. The topological polar surface area (TPSA) is 80.6 Å². The molecule has 2 aliphatic rings. The van der Waals surface area contributed by atoms with Crippen molar-refractivity contribution in [3.8, 4) is 5.75 Å². The van der Waals surface area contributed by atoms with Crippen LogP contribution in [0.3, 0.4) is 0 Å². The molecule has 7 nitrogen and oxygen atoms in total. The first-order chi connectivity index (χ1) is 16.5. The van der Waals surface area contributed by atoms with E-state index in [1.807, 2.05) is 30.3 Å². The molecule has 1 aromatic heterocycles. The van der Waals surface area contributed by atoms with Crippen LogP contribution in [-0.4, -0.2) is 40.4 Å². The fourth-order valence-electron chi connectivity index (χ4n) is 4.46. The van der Waals surface area contributed by atoms with Crippen LogP contribution in [-0.2, 0) is 19.6 Å². The summed E-state index contributed by atoms with van der Waals surface area (Å²) in [6, 6.07) is 15.3. The lowest BCUT2D eigenvalue weighted by Crippen LogP contribution is -2.49. The highest BCUT2D eigenvalue weighted by Gasteiger charge is 2.39. The number of carbonyl (C=O) groups excluding carboxylic acids is 2. The van der Waals surface area contributed by atoms with E-state index >= 15 is 0 Å². The molecule has 3 heterocycles. The number of amides is 1. The molecular weight excluding hydrogens is 437 g/mol. The number of halogens is 1. The van der Waals surface area contributed by atoms with Crippen molar-refractivity contribution in [3.05, 3.63) is 99.2 Å². The SMILES string of the molecule is O=C(CCc1ccc(F)cc1)c1cn2c(c(OCc3ccccc3)c1=O)C(=O)N1CCNC1C2. The van der Waals surface area contributed by atoms with E-state index in [1.54, 1.807) is 21.6 Å². The van der Waals surface area contributed by atoms with E-state index in [2.05, 4.69) is 5.32 Å². The van der Waals surface area contributed by atoms with E-state index in [0.29, 0.717) is 26.1 Å². The van der Waals surface area contributed by atoms with Crippen LogP contribution in [0, 0.1) is 5.82 Å². The zero-order valence-corrected chi connectivity index (χ0v) is 18.5.